The Morgan fingerprint density at radius 1 is 0.729 bits per heavy atom. The van der Waals surface area contributed by atoms with E-state index in [1.54, 1.807) is 0 Å². The van der Waals surface area contributed by atoms with Gasteiger partial charge < -0.3 is 15.4 Å². The minimum atomic E-state index is -0.796. The number of ether oxygens (including phenoxy) is 1. The second-order valence-corrected chi connectivity index (χ2v) is 14.3. The SMILES string of the molecule is CC[C@@H](C(=O)C[C@H](Cc1ccccc1)C(=O)N[C@@H]1CCCC[C@@H]1[C@@H](CC)C(=O)N[C@H](Cc1ccccc1)C(=O)OC)[C@H]1CCCC[C@H]1C. The van der Waals surface area contributed by atoms with E-state index in [4.69, 9.17) is 4.74 Å². The highest BCUT2D eigenvalue weighted by Gasteiger charge is 2.39. The van der Waals surface area contributed by atoms with E-state index in [-0.39, 0.29) is 47.8 Å². The number of rotatable bonds is 16. The summed E-state index contributed by atoms with van der Waals surface area (Å²) in [6.45, 7) is 6.39. The van der Waals surface area contributed by atoms with E-state index in [0.29, 0.717) is 31.1 Å². The third-order valence-electron chi connectivity index (χ3n) is 11.2. The summed E-state index contributed by atoms with van der Waals surface area (Å²) >= 11 is 0. The molecule has 262 valence electrons. The van der Waals surface area contributed by atoms with Crippen molar-refractivity contribution in [3.63, 3.8) is 0 Å². The summed E-state index contributed by atoms with van der Waals surface area (Å²) in [5, 5.41) is 6.38. The molecule has 7 heteroatoms. The highest BCUT2D eigenvalue weighted by molar-refractivity contribution is 5.89. The summed E-state index contributed by atoms with van der Waals surface area (Å²) in [7, 11) is 1.34. The van der Waals surface area contributed by atoms with E-state index in [9.17, 15) is 19.2 Å². The van der Waals surface area contributed by atoms with Gasteiger partial charge in [0.05, 0.1) is 7.11 Å². The first-order chi connectivity index (χ1) is 23.2. The molecule has 2 aromatic carbocycles. The van der Waals surface area contributed by atoms with Gasteiger partial charge in [-0.25, -0.2) is 4.79 Å². The number of carbonyl (C=O) groups excluding carboxylic acids is 4. The Morgan fingerprint density at radius 3 is 1.88 bits per heavy atom. The number of amides is 2. The number of nitrogens with one attached hydrogen (secondary N) is 2. The van der Waals surface area contributed by atoms with E-state index in [0.717, 1.165) is 49.7 Å². The second kappa shape index (κ2) is 18.9. The monoisotopic (exact) mass is 658 g/mol. The first kappa shape index (κ1) is 37.3. The molecule has 0 aliphatic heterocycles. The van der Waals surface area contributed by atoms with Crippen LogP contribution in [0.25, 0.3) is 0 Å². The molecule has 2 aliphatic rings. The molecule has 48 heavy (non-hydrogen) atoms. The minimum absolute atomic E-state index is 0.0133. The molecule has 2 N–H and O–H groups in total. The second-order valence-electron chi connectivity index (χ2n) is 14.3. The molecule has 0 aromatic heterocycles. The van der Waals surface area contributed by atoms with Crippen molar-refractivity contribution in [2.24, 2.45) is 35.5 Å². The zero-order chi connectivity index (χ0) is 34.5. The Hall–Kier alpha value is -3.48. The molecule has 7 nitrogen and oxygen atoms in total. The fourth-order valence-electron chi connectivity index (χ4n) is 8.53. The fraction of sp³-hybridized carbons (Fsp3) is 0.610. The smallest absolute Gasteiger partial charge is 0.328 e. The van der Waals surface area contributed by atoms with Crippen molar-refractivity contribution in [3.8, 4) is 0 Å². The maximum atomic E-state index is 14.2. The van der Waals surface area contributed by atoms with Crippen molar-refractivity contribution in [2.75, 3.05) is 7.11 Å². The molecule has 2 aliphatic carbocycles. The number of ketones is 1. The molecule has 0 bridgehead atoms. The van der Waals surface area contributed by atoms with Crippen molar-refractivity contribution < 1.29 is 23.9 Å². The molecule has 0 spiro atoms. The molecular weight excluding hydrogens is 600 g/mol. The Labute approximate surface area is 288 Å². The van der Waals surface area contributed by atoms with E-state index < -0.39 is 17.9 Å². The quantitative estimate of drug-likeness (QED) is 0.185. The molecule has 4 rings (SSSR count). The highest BCUT2D eigenvalue weighted by Crippen LogP contribution is 2.38. The van der Waals surface area contributed by atoms with Crippen LogP contribution in [0.3, 0.4) is 0 Å². The molecule has 2 saturated carbocycles. The maximum absolute atomic E-state index is 14.2. The van der Waals surface area contributed by atoms with Crippen LogP contribution in [0.2, 0.25) is 0 Å². The lowest BCUT2D eigenvalue weighted by atomic mass is 9.70. The normalized spacial score (nSPS) is 23.6. The van der Waals surface area contributed by atoms with Crippen LogP contribution in [-0.2, 0) is 36.8 Å². The molecule has 2 amide bonds. The number of esters is 1. The number of methoxy groups -OCH3 is 1. The van der Waals surface area contributed by atoms with Crippen molar-refractivity contribution in [2.45, 2.75) is 116 Å². The van der Waals surface area contributed by atoms with Gasteiger partial charge in [0.25, 0.3) is 0 Å². The van der Waals surface area contributed by atoms with Crippen LogP contribution in [0, 0.1) is 35.5 Å². The molecule has 0 radical (unpaired) electrons. The Morgan fingerprint density at radius 2 is 1.29 bits per heavy atom. The van der Waals surface area contributed by atoms with Crippen LogP contribution in [0.4, 0.5) is 0 Å². The summed E-state index contributed by atoms with van der Waals surface area (Å²) in [5.41, 5.74) is 1.98. The van der Waals surface area contributed by atoms with Crippen molar-refractivity contribution >= 4 is 23.6 Å². The lowest BCUT2D eigenvalue weighted by Crippen LogP contribution is -2.52. The van der Waals surface area contributed by atoms with Crippen LogP contribution in [-0.4, -0.2) is 42.8 Å². The third kappa shape index (κ3) is 10.3. The van der Waals surface area contributed by atoms with Gasteiger partial charge in [-0.1, -0.05) is 114 Å². The summed E-state index contributed by atoms with van der Waals surface area (Å²) in [4.78, 5) is 54.8. The first-order valence-electron chi connectivity index (χ1n) is 18.5. The van der Waals surface area contributed by atoms with E-state index in [1.165, 1.54) is 26.4 Å². The largest absolute Gasteiger partial charge is 0.467 e. The zero-order valence-electron chi connectivity index (χ0n) is 29.6. The van der Waals surface area contributed by atoms with Crippen LogP contribution >= 0.6 is 0 Å². The Kier molecular flexibility index (Phi) is 14.7. The predicted molar refractivity (Wildman–Crippen MR) is 190 cm³/mol. The fourth-order valence-corrected chi connectivity index (χ4v) is 8.53. The van der Waals surface area contributed by atoms with Crippen LogP contribution in [0.1, 0.15) is 103 Å². The van der Waals surface area contributed by atoms with Gasteiger partial charge in [-0.2, -0.15) is 0 Å². The van der Waals surface area contributed by atoms with Gasteiger partial charge in [-0.3, -0.25) is 14.4 Å². The van der Waals surface area contributed by atoms with Gasteiger partial charge in [-0.15, -0.1) is 0 Å². The molecule has 8 atom stereocenters. The zero-order valence-corrected chi connectivity index (χ0v) is 29.6. The average Bonchev–Trinajstić information content (AvgIpc) is 3.10. The summed E-state index contributed by atoms with van der Waals surface area (Å²) in [5.74, 6) is -0.547. The standard InChI is InChI=1S/C41H58N2O5/c1-5-32(34-22-14-13-17-28(34)3)38(44)27-31(25-29-18-9-7-10-19-29)39(45)42-36-24-16-15-23-35(36)33(6-2)40(46)43-37(41(47)48-4)26-30-20-11-8-12-21-30/h7-12,18-21,28,31-37H,5-6,13-17,22-27H2,1-4H3,(H,42,45)(H,43,46)/t28-,31+,32-,33-,34+,35-,36-,37-/m1/s1. The maximum Gasteiger partial charge on any atom is 0.328 e. The van der Waals surface area contributed by atoms with Crippen LogP contribution in [0.15, 0.2) is 60.7 Å². The highest BCUT2D eigenvalue weighted by atomic mass is 16.5. The number of hydrogen-bond acceptors (Lipinski definition) is 5. The molecule has 2 fully saturated rings. The molecule has 0 unspecified atom stereocenters. The Bertz CT molecular complexity index is 1310. The Balaban J connectivity index is 1.50. The van der Waals surface area contributed by atoms with Gasteiger partial charge in [-0.05, 0) is 67.4 Å². The van der Waals surface area contributed by atoms with Crippen LogP contribution < -0.4 is 10.6 Å². The van der Waals surface area contributed by atoms with Gasteiger partial charge in [0.15, 0.2) is 0 Å². The third-order valence-corrected chi connectivity index (χ3v) is 11.2. The molecular formula is C41H58N2O5. The number of Topliss-reactive ketones (excluding diaryl/α,β-unsaturated/α-hetero) is 1. The first-order valence-corrected chi connectivity index (χ1v) is 18.5. The van der Waals surface area contributed by atoms with Crippen LogP contribution in [0.5, 0.6) is 0 Å². The van der Waals surface area contributed by atoms with Crippen molar-refractivity contribution in [3.05, 3.63) is 71.8 Å². The minimum Gasteiger partial charge on any atom is -0.467 e. The lowest BCUT2D eigenvalue weighted by Gasteiger charge is -2.38. The molecule has 0 heterocycles. The number of benzene rings is 2. The predicted octanol–water partition coefficient (Wildman–Crippen LogP) is 7.26. The molecule has 0 saturated heterocycles. The summed E-state index contributed by atoms with van der Waals surface area (Å²) in [6, 6.07) is 18.6. The average molecular weight is 659 g/mol. The topological polar surface area (TPSA) is 102 Å². The summed E-state index contributed by atoms with van der Waals surface area (Å²) < 4.78 is 5.06. The van der Waals surface area contributed by atoms with Crippen molar-refractivity contribution in [1.29, 1.82) is 0 Å². The van der Waals surface area contributed by atoms with Gasteiger partial charge >= 0.3 is 5.97 Å². The van der Waals surface area contributed by atoms with Crippen molar-refractivity contribution in [1.82, 2.24) is 10.6 Å². The van der Waals surface area contributed by atoms with E-state index in [2.05, 4.69) is 24.5 Å². The van der Waals surface area contributed by atoms with Gasteiger partial charge in [0.2, 0.25) is 11.8 Å². The summed E-state index contributed by atoms with van der Waals surface area (Å²) in [6.07, 6.45) is 10.7. The van der Waals surface area contributed by atoms with Gasteiger partial charge in [0.1, 0.15) is 11.8 Å². The number of hydrogen-bond donors (Lipinski definition) is 2. The molecule has 2 aromatic rings. The number of carbonyl (C=O) groups is 4. The van der Waals surface area contributed by atoms with E-state index in [1.807, 2.05) is 67.6 Å². The van der Waals surface area contributed by atoms with Gasteiger partial charge in [0, 0.05) is 36.6 Å². The lowest BCUT2D eigenvalue weighted by molar-refractivity contribution is -0.146. The van der Waals surface area contributed by atoms with E-state index >= 15 is 0 Å².